The summed E-state index contributed by atoms with van der Waals surface area (Å²) in [6.45, 7) is 9.01. The highest BCUT2D eigenvalue weighted by molar-refractivity contribution is 5.93. The Hall–Kier alpha value is -2.15. The van der Waals surface area contributed by atoms with Gasteiger partial charge >= 0.3 is 0 Å². The summed E-state index contributed by atoms with van der Waals surface area (Å²) in [7, 11) is 0. The number of hydrogen-bond donors (Lipinski definition) is 1. The Morgan fingerprint density at radius 1 is 1.37 bits per heavy atom. The number of amides is 2. The van der Waals surface area contributed by atoms with Crippen molar-refractivity contribution in [3.63, 3.8) is 0 Å². The molecule has 4 atom stereocenters. The molecule has 0 aliphatic carbocycles. The van der Waals surface area contributed by atoms with E-state index in [2.05, 4.69) is 37.0 Å². The number of carbonyl (C=O) groups is 2. The average molecular weight is 413 g/mol. The zero-order valence-electron chi connectivity index (χ0n) is 18.2. The fraction of sp³-hybridized carbons (Fsp3) is 0.696. The van der Waals surface area contributed by atoms with E-state index in [0.717, 1.165) is 49.2 Å². The minimum atomic E-state index is -0.612. The number of aromatic amines is 1. The molecular weight excluding hydrogens is 380 g/mol. The fourth-order valence-corrected chi connectivity index (χ4v) is 5.92. The molecule has 2 saturated heterocycles. The first-order valence-electron chi connectivity index (χ1n) is 11.5. The number of fused-ring (bicyclic) bond motifs is 2. The van der Waals surface area contributed by atoms with E-state index in [1.165, 1.54) is 0 Å². The molecule has 162 valence electrons. The minimum absolute atomic E-state index is 0.0582. The van der Waals surface area contributed by atoms with Crippen LogP contribution in [-0.4, -0.2) is 63.2 Å². The van der Waals surface area contributed by atoms with E-state index < -0.39 is 11.5 Å². The predicted molar refractivity (Wildman–Crippen MR) is 111 cm³/mol. The van der Waals surface area contributed by atoms with Crippen LogP contribution in [0.4, 0.5) is 0 Å². The zero-order valence-corrected chi connectivity index (χ0v) is 18.2. The smallest absolute Gasteiger partial charge is 0.230 e. The summed E-state index contributed by atoms with van der Waals surface area (Å²) in [5.41, 5.74) is 2.72. The number of ether oxygens (including phenoxy) is 1. The third-order valence-corrected chi connectivity index (χ3v) is 7.76. The summed E-state index contributed by atoms with van der Waals surface area (Å²) in [5.74, 6) is -0.141. The van der Waals surface area contributed by atoms with Gasteiger partial charge in [0.25, 0.3) is 0 Å². The molecule has 1 aromatic heterocycles. The lowest BCUT2D eigenvalue weighted by Gasteiger charge is -2.32. The van der Waals surface area contributed by atoms with E-state index in [1.54, 1.807) is 0 Å². The van der Waals surface area contributed by atoms with Crippen LogP contribution in [0.2, 0.25) is 0 Å². The van der Waals surface area contributed by atoms with Crippen LogP contribution in [0.5, 0.6) is 0 Å². The Bertz CT molecular complexity index is 876. The largest absolute Gasteiger partial charge is 0.360 e. The SMILES string of the molecule is CCc1n[nH]c2c1CN(C(=O)[C@H]1[C@@H]3C=C[C@@]4(CN(CC(CC)CC)C(=O)[C@@H]14)O3)CC2. The van der Waals surface area contributed by atoms with Gasteiger partial charge in [0, 0.05) is 37.3 Å². The van der Waals surface area contributed by atoms with Gasteiger partial charge in [-0.05, 0) is 12.3 Å². The van der Waals surface area contributed by atoms with Crippen molar-refractivity contribution in [1.29, 1.82) is 0 Å². The third kappa shape index (κ3) is 2.77. The van der Waals surface area contributed by atoms with E-state index in [1.807, 2.05) is 15.9 Å². The van der Waals surface area contributed by atoms with Gasteiger partial charge in [0.05, 0.1) is 30.2 Å². The number of likely N-dealkylation sites (tertiary alicyclic amines) is 1. The van der Waals surface area contributed by atoms with Crippen molar-refractivity contribution in [2.45, 2.75) is 64.7 Å². The summed E-state index contributed by atoms with van der Waals surface area (Å²) in [4.78, 5) is 31.0. The van der Waals surface area contributed by atoms with E-state index >= 15 is 0 Å². The Morgan fingerprint density at radius 3 is 2.90 bits per heavy atom. The summed E-state index contributed by atoms with van der Waals surface area (Å²) < 4.78 is 6.32. The van der Waals surface area contributed by atoms with E-state index in [9.17, 15) is 9.59 Å². The van der Waals surface area contributed by atoms with Gasteiger partial charge in [-0.15, -0.1) is 0 Å². The van der Waals surface area contributed by atoms with Crippen LogP contribution in [0.25, 0.3) is 0 Å². The average Bonchev–Trinajstić information content (AvgIpc) is 3.50. The normalized spacial score (nSPS) is 31.7. The standard InChI is InChI=1S/C23H32N4O3/c1-4-14(5-2)11-27-13-23-9-7-18(30-23)19(20(23)22(27)29)21(28)26-10-8-17-15(12-26)16(6-3)24-25-17/h7,9,14,18-20H,4-6,8,10-13H2,1-3H3,(H,24,25)/t18-,19-,20+,23-/m0/s1. The maximum Gasteiger partial charge on any atom is 0.230 e. The zero-order chi connectivity index (χ0) is 21.0. The summed E-state index contributed by atoms with van der Waals surface area (Å²) >= 11 is 0. The maximum absolute atomic E-state index is 13.7. The highest BCUT2D eigenvalue weighted by Gasteiger charge is 2.67. The third-order valence-electron chi connectivity index (χ3n) is 7.76. The van der Waals surface area contributed by atoms with Gasteiger partial charge in [0.2, 0.25) is 11.8 Å². The van der Waals surface area contributed by atoms with Crippen molar-refractivity contribution in [3.8, 4) is 0 Å². The Kier molecular flexibility index (Phi) is 4.76. The van der Waals surface area contributed by atoms with E-state index in [-0.39, 0.29) is 23.8 Å². The van der Waals surface area contributed by atoms with Gasteiger partial charge < -0.3 is 14.5 Å². The second-order valence-electron chi connectivity index (χ2n) is 9.29. The summed E-state index contributed by atoms with van der Waals surface area (Å²) in [5, 5.41) is 7.53. The number of nitrogens with one attached hydrogen (secondary N) is 1. The highest BCUT2D eigenvalue weighted by Crippen LogP contribution is 2.52. The van der Waals surface area contributed by atoms with Crippen molar-refractivity contribution in [2.24, 2.45) is 17.8 Å². The number of aromatic nitrogens is 2. The van der Waals surface area contributed by atoms with Gasteiger partial charge in [-0.3, -0.25) is 14.7 Å². The van der Waals surface area contributed by atoms with E-state index in [0.29, 0.717) is 25.6 Å². The molecule has 0 radical (unpaired) electrons. The number of carbonyl (C=O) groups excluding carboxylic acids is 2. The molecule has 7 nitrogen and oxygen atoms in total. The molecule has 2 fully saturated rings. The van der Waals surface area contributed by atoms with Gasteiger partial charge in [0.1, 0.15) is 5.60 Å². The topological polar surface area (TPSA) is 78.5 Å². The molecule has 1 spiro atoms. The van der Waals surface area contributed by atoms with Crippen molar-refractivity contribution in [3.05, 3.63) is 29.1 Å². The van der Waals surface area contributed by atoms with Gasteiger partial charge in [-0.1, -0.05) is 45.8 Å². The molecule has 0 saturated carbocycles. The molecule has 7 heteroatoms. The monoisotopic (exact) mass is 412 g/mol. The highest BCUT2D eigenvalue weighted by atomic mass is 16.5. The molecule has 30 heavy (non-hydrogen) atoms. The van der Waals surface area contributed by atoms with Gasteiger partial charge in [-0.25, -0.2) is 0 Å². The fourth-order valence-electron chi connectivity index (χ4n) is 5.92. The molecule has 2 amide bonds. The molecule has 4 aliphatic heterocycles. The van der Waals surface area contributed by atoms with Crippen molar-refractivity contribution in [2.75, 3.05) is 19.6 Å². The van der Waals surface area contributed by atoms with E-state index in [4.69, 9.17) is 4.74 Å². The van der Waals surface area contributed by atoms with Crippen molar-refractivity contribution in [1.82, 2.24) is 20.0 Å². The molecule has 4 aliphatic rings. The number of nitrogens with zero attached hydrogens (tertiary/aromatic N) is 3. The predicted octanol–water partition coefficient (Wildman–Crippen LogP) is 2.07. The first-order chi connectivity index (χ1) is 14.5. The van der Waals surface area contributed by atoms with Crippen LogP contribution in [0.3, 0.4) is 0 Å². The quantitative estimate of drug-likeness (QED) is 0.726. The van der Waals surface area contributed by atoms with Crippen LogP contribution in [0, 0.1) is 17.8 Å². The first-order valence-corrected chi connectivity index (χ1v) is 11.5. The van der Waals surface area contributed by atoms with Crippen molar-refractivity contribution >= 4 is 11.8 Å². The molecule has 1 aromatic rings. The molecule has 1 N–H and O–H groups in total. The number of H-pyrrole nitrogens is 1. The second kappa shape index (κ2) is 7.22. The van der Waals surface area contributed by atoms with Crippen LogP contribution in [0.1, 0.15) is 50.6 Å². The molecule has 2 bridgehead atoms. The Labute approximate surface area is 177 Å². The maximum atomic E-state index is 13.7. The number of hydrogen-bond acceptors (Lipinski definition) is 4. The molecular formula is C23H32N4O3. The van der Waals surface area contributed by atoms with Crippen molar-refractivity contribution < 1.29 is 14.3 Å². The summed E-state index contributed by atoms with van der Waals surface area (Å²) in [6.07, 6.45) is 7.53. The Morgan fingerprint density at radius 2 is 2.17 bits per heavy atom. The lowest BCUT2D eigenvalue weighted by molar-refractivity contribution is -0.144. The molecule has 5 heterocycles. The number of rotatable bonds is 6. The van der Waals surface area contributed by atoms with Crippen LogP contribution >= 0.6 is 0 Å². The first kappa shape index (κ1) is 19.8. The van der Waals surface area contributed by atoms with Crippen LogP contribution in [0.15, 0.2) is 12.2 Å². The molecule has 0 aromatic carbocycles. The summed E-state index contributed by atoms with van der Waals surface area (Å²) in [6, 6.07) is 0. The van der Waals surface area contributed by atoms with Gasteiger partial charge in [-0.2, -0.15) is 5.10 Å². The van der Waals surface area contributed by atoms with Crippen LogP contribution < -0.4 is 0 Å². The lowest BCUT2D eigenvalue weighted by Crippen LogP contribution is -2.47. The van der Waals surface area contributed by atoms with Crippen LogP contribution in [-0.2, 0) is 33.7 Å². The minimum Gasteiger partial charge on any atom is -0.360 e. The second-order valence-corrected chi connectivity index (χ2v) is 9.29. The van der Waals surface area contributed by atoms with Gasteiger partial charge in [0.15, 0.2) is 0 Å². The molecule has 5 rings (SSSR count). The number of aryl methyl sites for hydroxylation is 1. The Balaban J connectivity index is 1.37. The molecule has 0 unspecified atom stereocenters. The lowest BCUT2D eigenvalue weighted by atomic mass is 9.76.